The van der Waals surface area contributed by atoms with Crippen LogP contribution in [-0.4, -0.2) is 130 Å². The molecule has 4 amide bonds. The van der Waals surface area contributed by atoms with E-state index in [9.17, 15) is 36.7 Å². The van der Waals surface area contributed by atoms with Gasteiger partial charge in [-0.3, -0.25) is 9.59 Å². The van der Waals surface area contributed by atoms with E-state index in [0.717, 1.165) is 85.4 Å². The van der Waals surface area contributed by atoms with Crippen LogP contribution < -0.4 is 39.4 Å². The van der Waals surface area contributed by atoms with Gasteiger partial charge in [-0.1, -0.05) is 127 Å². The lowest BCUT2D eigenvalue weighted by atomic mass is 10.0. The van der Waals surface area contributed by atoms with E-state index in [0.29, 0.717) is 30.8 Å². The number of likely N-dealkylation sites (tertiary alicyclic amines) is 2. The number of carbonyl (C=O) groups is 4. The zero-order chi connectivity index (χ0) is 70.6. The fraction of sp³-hybridized carbons (Fsp3) is 0.342. The van der Waals surface area contributed by atoms with Crippen LogP contribution in [0.4, 0.5) is 44.2 Å². The SMILES string of the molecule is CC(C)(C)OC(=O)N1CCC[C@H]1CNc1cccc(-c2ccccc2)c1.COc1cc(C(=O)N(C[C@@H]2CCCN2)c2cccc(-c3ccccc3)c2)ccc1OC(F)F.COc1cc(C(=O)N(C[C@@H]2CCCN2C(=O)OC(C)(C)C)c2cccc(-c3ccccc3)c2)ccc1OC(F)F. The van der Waals surface area contributed by atoms with Crippen LogP contribution >= 0.6 is 0 Å². The Hall–Kier alpha value is -10.1. The monoisotopic (exact) mass is 1360 g/mol. The highest BCUT2D eigenvalue weighted by molar-refractivity contribution is 6.08. The number of nitrogens with zero attached hydrogens (tertiary/aromatic N) is 4. The van der Waals surface area contributed by atoms with Gasteiger partial charge in [-0.15, -0.1) is 0 Å². The number of nitrogens with one attached hydrogen (secondary N) is 2. The van der Waals surface area contributed by atoms with Gasteiger partial charge in [-0.05, 0) is 193 Å². The van der Waals surface area contributed by atoms with E-state index in [-0.39, 0.29) is 71.1 Å². The Morgan fingerprint density at radius 1 is 0.475 bits per heavy atom. The van der Waals surface area contributed by atoms with E-state index < -0.39 is 30.5 Å². The van der Waals surface area contributed by atoms with Crippen molar-refractivity contribution >= 4 is 41.1 Å². The van der Waals surface area contributed by atoms with Crippen LogP contribution in [0.15, 0.2) is 200 Å². The standard InChI is InChI=1S/C31H34F2N2O5.C26H26F2N2O3.C22H28N2O2/c1-31(2,3)40-30(37)34-17-9-14-25(34)20-35(24-13-8-12-22(18-24)21-10-6-5-7-11-21)28(36)23-15-16-26(39-29(32)33)27(19-23)38-4;1-32-24-16-20(12-13-23(24)33-26(27)28)25(31)30(17-21-10-6-14-29-21)22-11-5-9-19(15-22)18-7-3-2-4-8-18;1-22(2,3)26-21(25)24-14-8-13-20(24)16-23-19-12-7-11-18(15-19)17-9-5-4-6-10-17/h5-8,10-13,15-16,18-19,25,29H,9,14,17,20H2,1-4H3;2-5,7-9,11-13,15-16,21,26,29H,6,10,14,17H2,1H3;4-7,9-12,15,20,23H,8,13-14,16H2,1-3H3/t25-;21-;20-/m000/s1. The number of halogens is 4. The molecule has 8 aromatic carbocycles. The number of ether oxygens (including phenoxy) is 6. The molecule has 0 bridgehead atoms. The van der Waals surface area contributed by atoms with Crippen molar-refractivity contribution in [3.8, 4) is 56.4 Å². The van der Waals surface area contributed by atoms with Crippen molar-refractivity contribution in [2.45, 2.75) is 123 Å². The van der Waals surface area contributed by atoms with Gasteiger partial charge in [-0.2, -0.15) is 17.6 Å². The highest BCUT2D eigenvalue weighted by atomic mass is 19.3. The topological polar surface area (TPSA) is 161 Å². The van der Waals surface area contributed by atoms with Crippen molar-refractivity contribution in [1.29, 1.82) is 0 Å². The maximum absolute atomic E-state index is 14.0. The van der Waals surface area contributed by atoms with E-state index in [1.165, 1.54) is 61.7 Å². The van der Waals surface area contributed by atoms with Gasteiger partial charge in [0.05, 0.1) is 26.3 Å². The molecular formula is C79H88F4N6O10. The van der Waals surface area contributed by atoms with Crippen molar-refractivity contribution in [3.05, 3.63) is 211 Å². The summed E-state index contributed by atoms with van der Waals surface area (Å²) < 4.78 is 81.7. The summed E-state index contributed by atoms with van der Waals surface area (Å²) in [5.41, 5.74) is 8.28. The summed E-state index contributed by atoms with van der Waals surface area (Å²) in [6.45, 7) is 8.81. The van der Waals surface area contributed by atoms with E-state index in [4.69, 9.17) is 18.9 Å². The molecule has 8 aromatic rings. The summed E-state index contributed by atoms with van der Waals surface area (Å²) in [5, 5.41) is 6.94. The Morgan fingerprint density at radius 3 is 1.31 bits per heavy atom. The smallest absolute Gasteiger partial charge is 0.410 e. The van der Waals surface area contributed by atoms with Crippen LogP contribution in [0.2, 0.25) is 0 Å². The summed E-state index contributed by atoms with van der Waals surface area (Å²) in [4.78, 5) is 59.9. The Bertz CT molecular complexity index is 3940. The minimum absolute atomic E-state index is 0.0142. The van der Waals surface area contributed by atoms with E-state index in [2.05, 4.69) is 56.5 Å². The molecule has 3 aliphatic heterocycles. The van der Waals surface area contributed by atoms with Crippen LogP contribution in [0.25, 0.3) is 33.4 Å². The van der Waals surface area contributed by atoms with E-state index in [1.54, 1.807) is 14.7 Å². The predicted octanol–water partition coefficient (Wildman–Crippen LogP) is 17.5. The van der Waals surface area contributed by atoms with Crippen LogP contribution in [-0.2, 0) is 9.47 Å². The second-order valence-corrected chi connectivity index (χ2v) is 26.2. The molecule has 3 aliphatic rings. The molecule has 20 heteroatoms. The maximum atomic E-state index is 14.0. The average Bonchev–Trinajstić information content (AvgIpc) is 1.47. The first-order chi connectivity index (χ1) is 47.5. The molecule has 11 rings (SSSR count). The molecule has 0 unspecified atom stereocenters. The minimum atomic E-state index is -3.03. The molecule has 0 aromatic heterocycles. The van der Waals surface area contributed by atoms with Crippen molar-refractivity contribution in [2.75, 3.05) is 68.6 Å². The fourth-order valence-corrected chi connectivity index (χ4v) is 12.1. The number of carbonyl (C=O) groups excluding carboxylic acids is 4. The van der Waals surface area contributed by atoms with E-state index >= 15 is 0 Å². The summed E-state index contributed by atoms with van der Waals surface area (Å²) in [6, 6.07) is 62.4. The Labute approximate surface area is 577 Å². The van der Waals surface area contributed by atoms with Crippen LogP contribution in [0.1, 0.15) is 101 Å². The largest absolute Gasteiger partial charge is 0.493 e. The third kappa shape index (κ3) is 21.0. The fourth-order valence-electron chi connectivity index (χ4n) is 12.1. The highest BCUT2D eigenvalue weighted by Crippen LogP contribution is 2.36. The van der Waals surface area contributed by atoms with Crippen LogP contribution in [0.5, 0.6) is 23.0 Å². The second kappa shape index (κ2) is 34.4. The molecule has 99 heavy (non-hydrogen) atoms. The lowest BCUT2D eigenvalue weighted by molar-refractivity contribution is -0.0518. The molecule has 0 aliphatic carbocycles. The number of benzene rings is 8. The number of rotatable bonds is 20. The zero-order valence-electron chi connectivity index (χ0n) is 57.3. The number of hydrogen-bond acceptors (Lipinski definition) is 12. The Balaban J connectivity index is 0.000000177. The van der Waals surface area contributed by atoms with Gasteiger partial charge in [0.2, 0.25) is 0 Å². The number of amides is 4. The lowest BCUT2D eigenvalue weighted by Crippen LogP contribution is -2.47. The lowest BCUT2D eigenvalue weighted by Gasteiger charge is -2.32. The van der Waals surface area contributed by atoms with Crippen LogP contribution in [0, 0.1) is 0 Å². The molecular weight excluding hydrogens is 1270 g/mol. The van der Waals surface area contributed by atoms with Gasteiger partial charge >= 0.3 is 25.4 Å². The van der Waals surface area contributed by atoms with Gasteiger partial charge in [0.15, 0.2) is 23.0 Å². The van der Waals surface area contributed by atoms with Crippen molar-refractivity contribution in [2.24, 2.45) is 0 Å². The quantitative estimate of drug-likeness (QED) is 0.0696. The van der Waals surface area contributed by atoms with Crippen molar-refractivity contribution in [1.82, 2.24) is 15.1 Å². The number of methoxy groups -OCH3 is 2. The van der Waals surface area contributed by atoms with Gasteiger partial charge in [0.25, 0.3) is 11.8 Å². The van der Waals surface area contributed by atoms with Crippen LogP contribution in [0.3, 0.4) is 0 Å². The minimum Gasteiger partial charge on any atom is -0.493 e. The summed E-state index contributed by atoms with van der Waals surface area (Å²) in [6.07, 6.45) is 4.92. The predicted molar refractivity (Wildman–Crippen MR) is 380 cm³/mol. The highest BCUT2D eigenvalue weighted by Gasteiger charge is 2.36. The van der Waals surface area contributed by atoms with Gasteiger partial charge in [0, 0.05) is 67.0 Å². The van der Waals surface area contributed by atoms with Crippen molar-refractivity contribution < 1.29 is 65.2 Å². The van der Waals surface area contributed by atoms with Gasteiger partial charge < -0.3 is 58.7 Å². The number of hydrogen-bond donors (Lipinski definition) is 2. The molecule has 3 fully saturated rings. The molecule has 3 atom stereocenters. The van der Waals surface area contributed by atoms with Gasteiger partial charge in [-0.25, -0.2) is 9.59 Å². The normalized spacial score (nSPS) is 15.8. The summed E-state index contributed by atoms with van der Waals surface area (Å²) in [7, 11) is 2.67. The first-order valence-electron chi connectivity index (χ1n) is 33.4. The molecule has 3 saturated heterocycles. The van der Waals surface area contributed by atoms with Gasteiger partial charge in [0.1, 0.15) is 11.2 Å². The molecule has 3 heterocycles. The molecule has 16 nitrogen and oxygen atoms in total. The molecule has 2 N–H and O–H groups in total. The molecule has 522 valence electrons. The van der Waals surface area contributed by atoms with E-state index in [1.807, 2.05) is 174 Å². The third-order valence-corrected chi connectivity index (χ3v) is 16.8. The Morgan fingerprint density at radius 2 is 0.889 bits per heavy atom. The Kier molecular flexibility index (Phi) is 25.4. The zero-order valence-corrected chi connectivity index (χ0v) is 57.3. The average molecular weight is 1360 g/mol. The number of anilines is 3. The third-order valence-electron chi connectivity index (χ3n) is 16.8. The molecule has 0 saturated carbocycles. The number of alkyl halides is 4. The molecule has 0 radical (unpaired) electrons. The maximum Gasteiger partial charge on any atom is 0.410 e. The first kappa shape index (κ1) is 73.2. The summed E-state index contributed by atoms with van der Waals surface area (Å²) >= 11 is 0. The first-order valence-corrected chi connectivity index (χ1v) is 33.4. The molecule has 0 spiro atoms. The summed E-state index contributed by atoms with van der Waals surface area (Å²) in [5.74, 6) is -0.796. The van der Waals surface area contributed by atoms with Crippen molar-refractivity contribution in [3.63, 3.8) is 0 Å². The second-order valence-electron chi connectivity index (χ2n) is 26.2.